The second kappa shape index (κ2) is 11.0. The van der Waals surface area contributed by atoms with E-state index in [0.29, 0.717) is 38.6 Å². The molecule has 0 atom stereocenters. The van der Waals surface area contributed by atoms with Gasteiger partial charge in [0.15, 0.2) is 0 Å². The Kier molecular flexibility index (Phi) is 6.91. The van der Waals surface area contributed by atoms with Crippen LogP contribution in [0.2, 0.25) is 0 Å². The second-order valence-electron chi connectivity index (χ2n) is 10.5. The minimum Gasteiger partial charge on any atom is -0.279 e. The third-order valence-electron chi connectivity index (χ3n) is 7.68. The van der Waals surface area contributed by atoms with Crippen LogP contribution in [0.3, 0.4) is 0 Å². The Labute approximate surface area is 259 Å². The van der Waals surface area contributed by atoms with Gasteiger partial charge in [0.1, 0.15) is 4.90 Å². The number of hydrogen-bond acceptors (Lipinski definition) is 7. The topological polar surface area (TPSA) is 131 Å². The number of nitrogens with zero attached hydrogens (tertiary/aromatic N) is 3. The lowest BCUT2D eigenvalue weighted by Gasteiger charge is -2.17. The third-order valence-corrected chi connectivity index (χ3v) is 10.6. The van der Waals surface area contributed by atoms with Gasteiger partial charge in [-0.05, 0) is 66.1 Å². The molecule has 0 aliphatic carbocycles. The maximum Gasteiger partial charge on any atom is 0.264 e. The van der Waals surface area contributed by atoms with Gasteiger partial charge in [0, 0.05) is 57.9 Å². The first-order valence-corrected chi connectivity index (χ1v) is 16.9. The van der Waals surface area contributed by atoms with Crippen molar-refractivity contribution in [3.05, 3.63) is 128 Å². The zero-order chi connectivity index (χ0) is 31.2. The first kappa shape index (κ1) is 28.4. The summed E-state index contributed by atoms with van der Waals surface area (Å²) >= 11 is 0. The molecule has 0 aliphatic heterocycles. The van der Waals surface area contributed by atoms with Gasteiger partial charge in [-0.25, -0.2) is 16.8 Å². The van der Waals surface area contributed by atoms with Gasteiger partial charge in [-0.2, -0.15) is 0 Å². The standard InChI is InChI=1S/C34H25N5O4S2/c1-22-6-2-3-10-32(22)44(40,41)39-31-13-11-26(29-21-36-19-16-27(29)31)25-12-14-33(34-28(25)8-5-17-37-34)45(42,43)38-30-9-4-7-23-20-35-18-15-24(23)30/h2-21,38-39H,1H3. The summed E-state index contributed by atoms with van der Waals surface area (Å²) in [5, 5.41) is 3.47. The molecule has 0 bridgehead atoms. The zero-order valence-corrected chi connectivity index (χ0v) is 25.5. The van der Waals surface area contributed by atoms with E-state index in [2.05, 4.69) is 24.4 Å². The number of pyridine rings is 3. The number of sulfonamides is 2. The van der Waals surface area contributed by atoms with Crippen molar-refractivity contribution in [1.29, 1.82) is 0 Å². The number of benzene rings is 4. The summed E-state index contributed by atoms with van der Waals surface area (Å²) < 4.78 is 59.7. The second-order valence-corrected chi connectivity index (χ2v) is 13.8. The Balaban J connectivity index is 1.33. The van der Waals surface area contributed by atoms with Crippen LogP contribution in [0.15, 0.2) is 132 Å². The molecule has 4 aromatic carbocycles. The van der Waals surface area contributed by atoms with Gasteiger partial charge >= 0.3 is 0 Å². The Hall–Kier alpha value is -5.39. The number of rotatable bonds is 7. The Bertz CT molecular complexity index is 2500. The maximum absolute atomic E-state index is 13.8. The molecule has 2 N–H and O–H groups in total. The summed E-state index contributed by atoms with van der Waals surface area (Å²) in [5.41, 5.74) is 3.23. The van der Waals surface area contributed by atoms with Gasteiger partial charge in [-0.15, -0.1) is 0 Å². The molecule has 0 saturated carbocycles. The van der Waals surface area contributed by atoms with E-state index in [-0.39, 0.29) is 9.79 Å². The molecule has 9 nitrogen and oxygen atoms in total. The van der Waals surface area contributed by atoms with Crippen molar-refractivity contribution >= 4 is 63.9 Å². The lowest BCUT2D eigenvalue weighted by Crippen LogP contribution is -2.14. The fourth-order valence-corrected chi connectivity index (χ4v) is 8.15. The fraction of sp³-hybridized carbons (Fsp3) is 0.0294. The van der Waals surface area contributed by atoms with Crippen LogP contribution >= 0.6 is 0 Å². The molecule has 0 unspecified atom stereocenters. The van der Waals surface area contributed by atoms with Crippen molar-refractivity contribution in [3.63, 3.8) is 0 Å². The van der Waals surface area contributed by atoms with Crippen molar-refractivity contribution in [3.8, 4) is 11.1 Å². The van der Waals surface area contributed by atoms with Crippen LogP contribution in [0, 0.1) is 6.92 Å². The largest absolute Gasteiger partial charge is 0.279 e. The number of hydrogen-bond donors (Lipinski definition) is 2. The molecule has 3 aromatic heterocycles. The molecule has 11 heteroatoms. The van der Waals surface area contributed by atoms with E-state index in [1.807, 2.05) is 12.1 Å². The minimum atomic E-state index is -4.05. The van der Waals surface area contributed by atoms with E-state index >= 15 is 0 Å². The highest BCUT2D eigenvalue weighted by atomic mass is 32.2. The monoisotopic (exact) mass is 631 g/mol. The predicted octanol–water partition coefficient (Wildman–Crippen LogP) is 6.91. The molecular weight excluding hydrogens is 607 g/mol. The highest BCUT2D eigenvalue weighted by Gasteiger charge is 2.23. The summed E-state index contributed by atoms with van der Waals surface area (Å²) in [5.74, 6) is 0. The average Bonchev–Trinajstić information content (AvgIpc) is 3.04. The van der Waals surface area contributed by atoms with Crippen LogP contribution in [0.5, 0.6) is 0 Å². The summed E-state index contributed by atoms with van der Waals surface area (Å²) in [4.78, 5) is 13.1. The minimum absolute atomic E-state index is 0.0259. The van der Waals surface area contributed by atoms with Crippen LogP contribution in [0.25, 0.3) is 43.6 Å². The summed E-state index contributed by atoms with van der Waals surface area (Å²) in [6.07, 6.45) is 8.11. The molecule has 0 radical (unpaired) electrons. The summed E-state index contributed by atoms with van der Waals surface area (Å²) in [6.45, 7) is 1.75. The van der Waals surface area contributed by atoms with Crippen LogP contribution in [-0.4, -0.2) is 31.8 Å². The van der Waals surface area contributed by atoms with Crippen molar-refractivity contribution in [2.75, 3.05) is 9.44 Å². The average molecular weight is 632 g/mol. The van der Waals surface area contributed by atoms with E-state index in [1.54, 1.807) is 111 Å². The van der Waals surface area contributed by atoms with Crippen LogP contribution in [0.4, 0.5) is 11.4 Å². The van der Waals surface area contributed by atoms with E-state index in [9.17, 15) is 16.8 Å². The molecule has 7 rings (SSSR count). The third kappa shape index (κ3) is 5.11. The summed E-state index contributed by atoms with van der Waals surface area (Å²) in [6, 6.07) is 26.0. The lowest BCUT2D eigenvalue weighted by atomic mass is 9.95. The van der Waals surface area contributed by atoms with E-state index in [0.717, 1.165) is 21.9 Å². The SMILES string of the molecule is Cc1ccccc1S(=O)(=O)Nc1ccc(-c2ccc(S(=O)(=O)Nc3cccc4cnccc34)c3ncccc23)c2cnccc12. The first-order chi connectivity index (χ1) is 21.7. The normalized spacial score (nSPS) is 12.0. The van der Waals surface area contributed by atoms with E-state index in [1.165, 1.54) is 6.07 Å². The molecule has 0 amide bonds. The first-order valence-electron chi connectivity index (χ1n) is 13.9. The smallest absolute Gasteiger partial charge is 0.264 e. The molecular formula is C34H25N5O4S2. The van der Waals surface area contributed by atoms with Crippen LogP contribution < -0.4 is 9.44 Å². The fourth-order valence-electron chi connectivity index (χ4n) is 5.58. The number of anilines is 2. The molecule has 0 fully saturated rings. The molecule has 0 spiro atoms. The van der Waals surface area contributed by atoms with E-state index < -0.39 is 20.0 Å². The number of fused-ring (bicyclic) bond motifs is 3. The molecule has 222 valence electrons. The van der Waals surface area contributed by atoms with Gasteiger partial charge in [-0.1, -0.05) is 48.5 Å². The van der Waals surface area contributed by atoms with Gasteiger partial charge in [0.05, 0.1) is 21.8 Å². The van der Waals surface area contributed by atoms with Crippen molar-refractivity contribution in [2.24, 2.45) is 0 Å². The van der Waals surface area contributed by atoms with Crippen molar-refractivity contribution in [1.82, 2.24) is 15.0 Å². The van der Waals surface area contributed by atoms with Crippen molar-refractivity contribution < 1.29 is 16.8 Å². The number of nitrogens with one attached hydrogen (secondary N) is 2. The summed E-state index contributed by atoms with van der Waals surface area (Å²) in [7, 11) is -7.92. The molecule has 0 saturated heterocycles. The molecule has 45 heavy (non-hydrogen) atoms. The van der Waals surface area contributed by atoms with Gasteiger partial charge < -0.3 is 0 Å². The Morgan fingerprint density at radius 1 is 0.533 bits per heavy atom. The van der Waals surface area contributed by atoms with Gasteiger partial charge in [0.25, 0.3) is 20.0 Å². The van der Waals surface area contributed by atoms with Gasteiger partial charge in [-0.3, -0.25) is 24.4 Å². The van der Waals surface area contributed by atoms with Gasteiger partial charge in [0.2, 0.25) is 0 Å². The molecule has 3 heterocycles. The zero-order valence-electron chi connectivity index (χ0n) is 23.8. The van der Waals surface area contributed by atoms with E-state index in [4.69, 9.17) is 0 Å². The number of aromatic nitrogens is 3. The van der Waals surface area contributed by atoms with Crippen molar-refractivity contribution in [2.45, 2.75) is 16.7 Å². The lowest BCUT2D eigenvalue weighted by molar-refractivity contribution is 0.599. The van der Waals surface area contributed by atoms with Crippen LogP contribution in [-0.2, 0) is 20.0 Å². The Morgan fingerprint density at radius 2 is 1.22 bits per heavy atom. The Morgan fingerprint density at radius 3 is 2.04 bits per heavy atom. The molecule has 7 aromatic rings. The highest BCUT2D eigenvalue weighted by molar-refractivity contribution is 7.93. The molecule has 0 aliphatic rings. The maximum atomic E-state index is 13.8. The quantitative estimate of drug-likeness (QED) is 0.195. The van der Waals surface area contributed by atoms with Crippen LogP contribution in [0.1, 0.15) is 5.56 Å². The highest BCUT2D eigenvalue weighted by Crippen LogP contribution is 2.39. The predicted molar refractivity (Wildman–Crippen MR) is 177 cm³/mol. The number of aryl methyl sites for hydroxylation is 1.